The van der Waals surface area contributed by atoms with Crippen LogP contribution in [-0.4, -0.2) is 31.3 Å². The van der Waals surface area contributed by atoms with Gasteiger partial charge in [0.2, 0.25) is 0 Å². The maximum Gasteiger partial charge on any atom is 0.160 e. The Labute approximate surface area is 137 Å². The highest BCUT2D eigenvalue weighted by molar-refractivity contribution is 9.10. The van der Waals surface area contributed by atoms with E-state index in [-0.39, 0.29) is 11.7 Å². The second-order valence-corrected chi connectivity index (χ2v) is 6.66. The van der Waals surface area contributed by atoms with Crippen LogP contribution in [0.5, 0.6) is 0 Å². The number of hydrogen-bond acceptors (Lipinski definition) is 2. The van der Waals surface area contributed by atoms with Gasteiger partial charge in [0.1, 0.15) is 0 Å². The van der Waals surface area contributed by atoms with Crippen LogP contribution < -0.4 is 0 Å². The summed E-state index contributed by atoms with van der Waals surface area (Å²) in [5.74, 6) is 0.348. The lowest BCUT2D eigenvalue weighted by molar-refractivity contribution is -0.118. The van der Waals surface area contributed by atoms with Crippen molar-refractivity contribution in [1.29, 1.82) is 0 Å². The molecule has 0 N–H and O–H groups in total. The van der Waals surface area contributed by atoms with E-state index in [1.54, 1.807) is 6.08 Å². The molecule has 0 radical (unpaired) electrons. The fourth-order valence-corrected chi connectivity index (χ4v) is 2.56. The fraction of sp³-hybridized carbons (Fsp3) is 0.500. The zero-order valence-corrected chi connectivity index (χ0v) is 14.9. The van der Waals surface area contributed by atoms with Gasteiger partial charge in [0.15, 0.2) is 5.78 Å². The van der Waals surface area contributed by atoms with E-state index in [1.807, 2.05) is 44.4 Å². The highest BCUT2D eigenvalue weighted by Crippen LogP contribution is 2.15. The molecule has 0 unspecified atom stereocenters. The Morgan fingerprint density at radius 2 is 1.90 bits per heavy atom. The third kappa shape index (κ3) is 7.58. The molecule has 1 aromatic rings. The molecule has 0 aliphatic rings. The molecule has 0 fully saturated rings. The van der Waals surface area contributed by atoms with Crippen molar-refractivity contribution in [2.24, 2.45) is 5.92 Å². The van der Waals surface area contributed by atoms with E-state index >= 15 is 0 Å². The maximum absolute atomic E-state index is 12.4. The first-order valence-electron chi connectivity index (χ1n) is 7.65. The van der Waals surface area contributed by atoms with Crippen molar-refractivity contribution in [3.05, 3.63) is 40.4 Å². The average molecular weight is 352 g/mol. The van der Waals surface area contributed by atoms with E-state index in [1.165, 1.54) is 12.8 Å². The van der Waals surface area contributed by atoms with Gasteiger partial charge in [-0.25, -0.2) is 0 Å². The summed E-state index contributed by atoms with van der Waals surface area (Å²) in [6.45, 7) is 3.02. The minimum atomic E-state index is 0.109. The molecule has 0 spiro atoms. The Balaban J connectivity index is 2.63. The topological polar surface area (TPSA) is 20.3 Å². The van der Waals surface area contributed by atoms with Crippen molar-refractivity contribution in [2.45, 2.75) is 32.6 Å². The molecule has 0 bridgehead atoms. The molecular formula is C18H26BrNO. The minimum absolute atomic E-state index is 0.109. The molecule has 2 nitrogen and oxygen atoms in total. The Morgan fingerprint density at radius 3 is 2.48 bits per heavy atom. The summed E-state index contributed by atoms with van der Waals surface area (Å²) in [5.41, 5.74) is 1.06. The van der Waals surface area contributed by atoms with Gasteiger partial charge in [0.25, 0.3) is 0 Å². The number of hydrogen-bond donors (Lipinski definition) is 0. The zero-order valence-electron chi connectivity index (χ0n) is 13.3. The first kappa shape index (κ1) is 18.1. The smallest absolute Gasteiger partial charge is 0.160 e. The summed E-state index contributed by atoms with van der Waals surface area (Å²) in [4.78, 5) is 14.5. The van der Waals surface area contributed by atoms with Gasteiger partial charge in [-0.05, 0) is 44.3 Å². The molecule has 0 amide bonds. The average Bonchev–Trinajstić information content (AvgIpc) is 2.45. The van der Waals surface area contributed by atoms with Crippen molar-refractivity contribution in [1.82, 2.24) is 4.90 Å². The zero-order chi connectivity index (χ0) is 15.7. The van der Waals surface area contributed by atoms with Crippen molar-refractivity contribution in [2.75, 3.05) is 20.6 Å². The highest BCUT2D eigenvalue weighted by atomic mass is 79.9. The van der Waals surface area contributed by atoms with E-state index < -0.39 is 0 Å². The summed E-state index contributed by atoms with van der Waals surface area (Å²) < 4.78 is 1.05. The van der Waals surface area contributed by atoms with E-state index in [4.69, 9.17) is 0 Å². The van der Waals surface area contributed by atoms with Crippen molar-refractivity contribution < 1.29 is 4.79 Å². The summed E-state index contributed by atoms with van der Waals surface area (Å²) in [7, 11) is 4.05. The van der Waals surface area contributed by atoms with Crippen LogP contribution in [0.1, 0.15) is 38.2 Å². The van der Waals surface area contributed by atoms with Gasteiger partial charge < -0.3 is 4.90 Å². The van der Waals surface area contributed by atoms with Crippen LogP contribution in [0.3, 0.4) is 0 Å². The summed E-state index contributed by atoms with van der Waals surface area (Å²) in [6.07, 6.45) is 8.16. The number of nitrogens with zero attached hydrogens (tertiary/aromatic N) is 1. The van der Waals surface area contributed by atoms with Crippen LogP contribution in [0.4, 0.5) is 0 Å². The van der Waals surface area contributed by atoms with Gasteiger partial charge in [0.05, 0.1) is 0 Å². The fourth-order valence-electron chi connectivity index (χ4n) is 2.29. The number of carbonyl (C=O) groups is 1. The molecule has 0 saturated carbocycles. The van der Waals surface area contributed by atoms with Gasteiger partial charge in [0, 0.05) is 16.9 Å². The number of halogens is 1. The molecule has 1 atom stereocenters. The second-order valence-electron chi connectivity index (χ2n) is 5.74. The van der Waals surface area contributed by atoms with Crippen molar-refractivity contribution in [3.63, 3.8) is 0 Å². The largest absolute Gasteiger partial charge is 0.309 e. The first-order chi connectivity index (χ1) is 10.0. The summed E-state index contributed by atoms with van der Waals surface area (Å²) in [6, 6.07) is 7.99. The SMILES string of the molecule is CCCCC[C@H](CN(C)C)C(=O)/C=C/c1ccc(Br)cc1. The number of allylic oxidation sites excluding steroid dienone is 1. The number of rotatable bonds is 9. The summed E-state index contributed by atoms with van der Waals surface area (Å²) in [5, 5.41) is 0. The molecule has 0 aromatic heterocycles. The lowest BCUT2D eigenvalue weighted by atomic mass is 9.95. The van der Waals surface area contributed by atoms with Gasteiger partial charge in [-0.3, -0.25) is 4.79 Å². The van der Waals surface area contributed by atoms with Gasteiger partial charge in [-0.2, -0.15) is 0 Å². The van der Waals surface area contributed by atoms with Gasteiger partial charge in [-0.15, -0.1) is 0 Å². The third-order valence-corrected chi connectivity index (χ3v) is 3.98. The monoisotopic (exact) mass is 351 g/mol. The third-order valence-electron chi connectivity index (χ3n) is 3.45. The number of benzene rings is 1. The van der Waals surface area contributed by atoms with Crippen LogP contribution >= 0.6 is 15.9 Å². The van der Waals surface area contributed by atoms with Gasteiger partial charge >= 0.3 is 0 Å². The molecule has 1 rings (SSSR count). The number of ketones is 1. The van der Waals surface area contributed by atoms with Crippen LogP contribution in [-0.2, 0) is 4.79 Å². The van der Waals surface area contributed by atoms with Crippen LogP contribution in [0.15, 0.2) is 34.8 Å². The first-order valence-corrected chi connectivity index (χ1v) is 8.44. The molecule has 0 aliphatic carbocycles. The van der Waals surface area contributed by atoms with Crippen LogP contribution in [0, 0.1) is 5.92 Å². The Morgan fingerprint density at radius 1 is 1.24 bits per heavy atom. The number of unbranched alkanes of at least 4 members (excludes halogenated alkanes) is 2. The normalized spacial score (nSPS) is 13.0. The quantitative estimate of drug-likeness (QED) is 0.470. The summed E-state index contributed by atoms with van der Waals surface area (Å²) >= 11 is 3.41. The molecule has 0 heterocycles. The van der Waals surface area contributed by atoms with Crippen LogP contribution in [0.25, 0.3) is 6.08 Å². The van der Waals surface area contributed by atoms with E-state index in [9.17, 15) is 4.79 Å². The van der Waals surface area contributed by atoms with Crippen LogP contribution in [0.2, 0.25) is 0 Å². The molecular weight excluding hydrogens is 326 g/mol. The van der Waals surface area contributed by atoms with E-state index in [0.717, 1.165) is 29.4 Å². The van der Waals surface area contributed by atoms with Crippen molar-refractivity contribution >= 4 is 27.8 Å². The maximum atomic E-state index is 12.4. The molecule has 3 heteroatoms. The minimum Gasteiger partial charge on any atom is -0.309 e. The van der Waals surface area contributed by atoms with E-state index in [0.29, 0.717) is 0 Å². The molecule has 0 aliphatic heterocycles. The second kappa shape index (κ2) is 9.91. The number of carbonyl (C=O) groups excluding carboxylic acids is 1. The Bertz CT molecular complexity index is 451. The van der Waals surface area contributed by atoms with Crippen molar-refractivity contribution in [3.8, 4) is 0 Å². The molecule has 1 aromatic carbocycles. The highest BCUT2D eigenvalue weighted by Gasteiger charge is 2.16. The molecule has 21 heavy (non-hydrogen) atoms. The molecule has 0 saturated heterocycles. The Kier molecular flexibility index (Phi) is 8.55. The van der Waals surface area contributed by atoms with Gasteiger partial charge in [-0.1, -0.05) is 60.3 Å². The lowest BCUT2D eigenvalue weighted by Crippen LogP contribution is -2.27. The van der Waals surface area contributed by atoms with E-state index in [2.05, 4.69) is 27.8 Å². The molecule has 116 valence electrons. The predicted octanol–water partition coefficient (Wildman–Crippen LogP) is 4.79. The standard InChI is InChI=1S/C18H26BrNO/c1-4-5-6-7-16(14-20(2)3)18(21)13-10-15-8-11-17(19)12-9-15/h8-13,16H,4-7,14H2,1-3H3/b13-10+/t16-/m1/s1. The lowest BCUT2D eigenvalue weighted by Gasteiger charge is -2.18. The Hall–Kier alpha value is -0.930. The predicted molar refractivity (Wildman–Crippen MR) is 94.4 cm³/mol.